The van der Waals surface area contributed by atoms with Gasteiger partial charge in [-0.25, -0.2) is 4.98 Å². The Balaban J connectivity index is 2.16. The van der Waals surface area contributed by atoms with Gasteiger partial charge in [0.15, 0.2) is 5.69 Å². The molecule has 0 aliphatic heterocycles. The first-order valence-corrected chi connectivity index (χ1v) is 7.82. The lowest BCUT2D eigenvalue weighted by atomic mass is 10.1. The minimum absolute atomic E-state index is 0.0121. The summed E-state index contributed by atoms with van der Waals surface area (Å²) in [4.78, 5) is 28.1. The number of amides is 2. The van der Waals surface area contributed by atoms with Crippen molar-refractivity contribution in [2.45, 2.75) is 19.4 Å². The van der Waals surface area contributed by atoms with Crippen molar-refractivity contribution in [3.8, 4) is 5.88 Å². The largest absolute Gasteiger partial charge is 0.478 e. The van der Waals surface area contributed by atoms with Gasteiger partial charge in [0, 0.05) is 12.5 Å². The second kappa shape index (κ2) is 8.31. The van der Waals surface area contributed by atoms with E-state index in [2.05, 4.69) is 10.3 Å². The van der Waals surface area contributed by atoms with E-state index >= 15 is 0 Å². The maximum atomic E-state index is 12.4. The third-order valence-corrected chi connectivity index (χ3v) is 3.56. The molecule has 126 valence electrons. The van der Waals surface area contributed by atoms with Crippen molar-refractivity contribution in [2.75, 3.05) is 6.61 Å². The van der Waals surface area contributed by atoms with Crippen molar-refractivity contribution in [3.05, 3.63) is 58.7 Å². The molecule has 0 unspecified atom stereocenters. The standard InChI is InChI=1S/C17H18ClN3O3/c1-2-24-14-9-8-12(18)15(21-14)17(23)20-13(16(19)22)10-11-6-4-3-5-7-11/h3-9,13H,2,10H2,1H3,(H2,19,22)(H,20,23)/t13-/m1/s1. The molecule has 1 atom stereocenters. The van der Waals surface area contributed by atoms with Crippen LogP contribution >= 0.6 is 11.6 Å². The molecule has 2 rings (SSSR count). The molecule has 0 aliphatic rings. The number of ether oxygens (including phenoxy) is 1. The number of nitrogens with one attached hydrogen (secondary N) is 1. The lowest BCUT2D eigenvalue weighted by molar-refractivity contribution is -0.119. The number of aromatic nitrogens is 1. The van der Waals surface area contributed by atoms with E-state index in [1.165, 1.54) is 6.07 Å². The normalized spacial score (nSPS) is 11.6. The number of benzene rings is 1. The highest BCUT2D eigenvalue weighted by Gasteiger charge is 2.22. The average molecular weight is 348 g/mol. The van der Waals surface area contributed by atoms with Gasteiger partial charge in [-0.05, 0) is 18.6 Å². The Morgan fingerprint density at radius 1 is 1.25 bits per heavy atom. The molecule has 1 aromatic heterocycles. The molecule has 6 nitrogen and oxygen atoms in total. The summed E-state index contributed by atoms with van der Waals surface area (Å²) in [5.41, 5.74) is 6.26. The van der Waals surface area contributed by atoms with Crippen molar-refractivity contribution < 1.29 is 14.3 Å². The maximum Gasteiger partial charge on any atom is 0.272 e. The van der Waals surface area contributed by atoms with E-state index in [1.54, 1.807) is 13.0 Å². The molecule has 0 saturated heterocycles. The first kappa shape index (κ1) is 17.7. The van der Waals surface area contributed by atoms with Crippen LogP contribution in [-0.2, 0) is 11.2 Å². The third kappa shape index (κ3) is 4.70. The van der Waals surface area contributed by atoms with Crippen molar-refractivity contribution >= 4 is 23.4 Å². The third-order valence-electron chi connectivity index (χ3n) is 3.26. The van der Waals surface area contributed by atoms with Crippen LogP contribution in [0.5, 0.6) is 5.88 Å². The highest BCUT2D eigenvalue weighted by atomic mass is 35.5. The van der Waals surface area contributed by atoms with E-state index in [1.807, 2.05) is 30.3 Å². The van der Waals surface area contributed by atoms with Crippen LogP contribution in [0.25, 0.3) is 0 Å². The SMILES string of the molecule is CCOc1ccc(Cl)c(C(=O)N[C@H](Cc2ccccc2)C(N)=O)n1. The van der Waals surface area contributed by atoms with Crippen molar-refractivity contribution in [3.63, 3.8) is 0 Å². The molecule has 0 radical (unpaired) electrons. The van der Waals surface area contributed by atoms with Crippen LogP contribution in [0.4, 0.5) is 0 Å². The molecule has 0 bridgehead atoms. The maximum absolute atomic E-state index is 12.4. The van der Waals surface area contributed by atoms with Gasteiger partial charge in [0.05, 0.1) is 11.6 Å². The molecule has 1 heterocycles. The fraction of sp³-hybridized carbons (Fsp3) is 0.235. The predicted octanol–water partition coefficient (Wildman–Crippen LogP) is 1.96. The van der Waals surface area contributed by atoms with E-state index in [4.69, 9.17) is 22.1 Å². The Morgan fingerprint density at radius 2 is 1.96 bits per heavy atom. The molecule has 3 N–H and O–H groups in total. The number of hydrogen-bond donors (Lipinski definition) is 2. The topological polar surface area (TPSA) is 94.3 Å². The van der Waals surface area contributed by atoms with E-state index in [0.717, 1.165) is 5.56 Å². The Morgan fingerprint density at radius 3 is 2.58 bits per heavy atom. The molecular formula is C17H18ClN3O3. The van der Waals surface area contributed by atoms with Crippen LogP contribution in [0.1, 0.15) is 23.0 Å². The number of carbonyl (C=O) groups is 2. The minimum Gasteiger partial charge on any atom is -0.478 e. The zero-order chi connectivity index (χ0) is 17.5. The summed E-state index contributed by atoms with van der Waals surface area (Å²) >= 11 is 6.02. The quantitative estimate of drug-likeness (QED) is 0.800. The summed E-state index contributed by atoms with van der Waals surface area (Å²) < 4.78 is 5.26. The molecule has 1 aromatic carbocycles. The smallest absolute Gasteiger partial charge is 0.272 e. The van der Waals surface area contributed by atoms with Crippen LogP contribution in [0.3, 0.4) is 0 Å². The fourth-order valence-electron chi connectivity index (χ4n) is 2.11. The number of primary amides is 1. The molecule has 24 heavy (non-hydrogen) atoms. The first-order chi connectivity index (χ1) is 11.5. The number of nitrogens with zero attached hydrogens (tertiary/aromatic N) is 1. The van der Waals surface area contributed by atoms with Gasteiger partial charge in [-0.1, -0.05) is 41.9 Å². The summed E-state index contributed by atoms with van der Waals surface area (Å²) in [5.74, 6) is -0.934. The van der Waals surface area contributed by atoms with Gasteiger partial charge < -0.3 is 15.8 Å². The van der Waals surface area contributed by atoms with E-state index in [9.17, 15) is 9.59 Å². The number of rotatable bonds is 7. The second-order valence-corrected chi connectivity index (χ2v) is 5.44. The van der Waals surface area contributed by atoms with E-state index in [0.29, 0.717) is 6.61 Å². The van der Waals surface area contributed by atoms with Crippen molar-refractivity contribution in [1.29, 1.82) is 0 Å². The van der Waals surface area contributed by atoms with Crippen molar-refractivity contribution in [1.82, 2.24) is 10.3 Å². The minimum atomic E-state index is -0.867. The Hall–Kier alpha value is -2.60. The van der Waals surface area contributed by atoms with Crippen LogP contribution in [0, 0.1) is 0 Å². The Kier molecular flexibility index (Phi) is 6.14. The van der Waals surface area contributed by atoms with Gasteiger partial charge >= 0.3 is 0 Å². The number of hydrogen-bond acceptors (Lipinski definition) is 4. The predicted molar refractivity (Wildman–Crippen MR) is 91.0 cm³/mol. The van der Waals surface area contributed by atoms with Crippen LogP contribution in [-0.4, -0.2) is 29.4 Å². The summed E-state index contributed by atoms with van der Waals surface area (Å²) in [6.45, 7) is 2.21. The van der Waals surface area contributed by atoms with Crippen LogP contribution in [0.2, 0.25) is 5.02 Å². The van der Waals surface area contributed by atoms with Gasteiger partial charge in [0.2, 0.25) is 11.8 Å². The summed E-state index contributed by atoms with van der Waals surface area (Å²) in [6, 6.07) is 11.5. The monoisotopic (exact) mass is 347 g/mol. The highest BCUT2D eigenvalue weighted by Crippen LogP contribution is 2.18. The van der Waals surface area contributed by atoms with Gasteiger partial charge in [0.25, 0.3) is 5.91 Å². The summed E-state index contributed by atoms with van der Waals surface area (Å²) in [6.07, 6.45) is 0.282. The molecular weight excluding hydrogens is 330 g/mol. The molecule has 2 amide bonds. The zero-order valence-corrected chi connectivity index (χ0v) is 13.9. The zero-order valence-electron chi connectivity index (χ0n) is 13.2. The average Bonchev–Trinajstić information content (AvgIpc) is 2.57. The molecule has 0 aliphatic carbocycles. The number of nitrogens with two attached hydrogens (primary N) is 1. The summed E-state index contributed by atoms with van der Waals surface area (Å²) in [7, 11) is 0. The van der Waals surface area contributed by atoms with Gasteiger partial charge in [-0.3, -0.25) is 9.59 Å². The van der Waals surface area contributed by atoms with Gasteiger partial charge in [-0.15, -0.1) is 0 Å². The molecule has 0 saturated carbocycles. The first-order valence-electron chi connectivity index (χ1n) is 7.44. The summed E-state index contributed by atoms with van der Waals surface area (Å²) in [5, 5.41) is 2.74. The molecule has 0 spiro atoms. The number of carbonyl (C=O) groups excluding carboxylic acids is 2. The van der Waals surface area contributed by atoms with E-state index in [-0.39, 0.29) is 23.0 Å². The van der Waals surface area contributed by atoms with Gasteiger partial charge in [-0.2, -0.15) is 0 Å². The fourth-order valence-corrected chi connectivity index (χ4v) is 2.30. The van der Waals surface area contributed by atoms with Crippen molar-refractivity contribution in [2.24, 2.45) is 5.73 Å². The molecule has 7 heteroatoms. The Bertz CT molecular complexity index is 722. The van der Waals surface area contributed by atoms with E-state index < -0.39 is 17.9 Å². The lowest BCUT2D eigenvalue weighted by Crippen LogP contribution is -2.46. The number of halogens is 1. The molecule has 0 fully saturated rings. The lowest BCUT2D eigenvalue weighted by Gasteiger charge is -2.16. The number of pyridine rings is 1. The Labute approximate surface area is 145 Å². The van der Waals surface area contributed by atoms with Crippen LogP contribution in [0.15, 0.2) is 42.5 Å². The van der Waals surface area contributed by atoms with Gasteiger partial charge in [0.1, 0.15) is 6.04 Å². The molecule has 2 aromatic rings. The second-order valence-electron chi connectivity index (χ2n) is 5.03. The highest BCUT2D eigenvalue weighted by molar-refractivity contribution is 6.33. The van der Waals surface area contributed by atoms with Crippen LogP contribution < -0.4 is 15.8 Å².